The Morgan fingerprint density at radius 3 is 2.48 bits per heavy atom. The number of fused-ring (bicyclic) bond motifs is 1. The normalized spacial score (nSPS) is 14.6. The number of alkyl carbamates (subject to hydrolysis) is 1. The van der Waals surface area contributed by atoms with Crippen LogP contribution in [0, 0.1) is 0 Å². The number of hydrogen-bond donors (Lipinski definition) is 2. The molecule has 2 amide bonds. The Morgan fingerprint density at radius 1 is 1.00 bits per heavy atom. The van der Waals surface area contributed by atoms with E-state index in [1.807, 2.05) is 69.3 Å². The van der Waals surface area contributed by atoms with E-state index in [1.165, 1.54) is 6.07 Å². The topological polar surface area (TPSA) is 114 Å². The number of benzene rings is 3. The first-order chi connectivity index (χ1) is 19.1. The van der Waals surface area contributed by atoms with Crippen molar-refractivity contribution in [3.63, 3.8) is 0 Å². The van der Waals surface area contributed by atoms with Crippen molar-refractivity contribution in [1.29, 1.82) is 0 Å². The number of carbonyl (C=O) groups excluding carboxylic acids is 2. The van der Waals surface area contributed by atoms with Crippen LogP contribution >= 0.6 is 0 Å². The molecule has 9 heteroatoms. The first kappa shape index (κ1) is 28.5. The van der Waals surface area contributed by atoms with Gasteiger partial charge in [-0.1, -0.05) is 36.4 Å². The van der Waals surface area contributed by atoms with E-state index in [4.69, 9.17) is 14.2 Å². The minimum absolute atomic E-state index is 0.168. The van der Waals surface area contributed by atoms with E-state index in [2.05, 4.69) is 5.32 Å². The van der Waals surface area contributed by atoms with E-state index in [-0.39, 0.29) is 24.6 Å². The third-order valence-corrected chi connectivity index (χ3v) is 6.14. The summed E-state index contributed by atoms with van der Waals surface area (Å²) in [7, 11) is 0. The van der Waals surface area contributed by atoms with Crippen LogP contribution in [0.2, 0.25) is 0 Å². The molecule has 210 valence electrons. The summed E-state index contributed by atoms with van der Waals surface area (Å²) in [5.74, 6) is 0.0210. The third kappa shape index (κ3) is 7.75. The Balaban J connectivity index is 1.31. The molecular weight excluding hydrogens is 512 g/mol. The van der Waals surface area contributed by atoms with Crippen molar-refractivity contribution in [3.05, 3.63) is 89.5 Å². The van der Waals surface area contributed by atoms with E-state index >= 15 is 0 Å². The fourth-order valence-corrected chi connectivity index (χ4v) is 4.27. The van der Waals surface area contributed by atoms with E-state index in [0.29, 0.717) is 42.1 Å². The molecule has 0 radical (unpaired) electrons. The molecule has 3 aromatic rings. The minimum Gasteiger partial charge on any atom is -0.493 e. The monoisotopic (exact) mass is 546 g/mol. The Morgan fingerprint density at radius 2 is 1.75 bits per heavy atom. The van der Waals surface area contributed by atoms with Crippen molar-refractivity contribution in [3.8, 4) is 11.5 Å². The van der Waals surface area contributed by atoms with Crippen LogP contribution in [0.1, 0.15) is 48.7 Å². The molecular formula is C31H34N2O7. The minimum atomic E-state index is -1.02. The number of carboxylic acids is 1. The van der Waals surface area contributed by atoms with Crippen LogP contribution in [-0.4, -0.2) is 47.9 Å². The Bertz CT molecular complexity index is 1350. The second-order valence-electron chi connectivity index (χ2n) is 10.5. The zero-order valence-electron chi connectivity index (χ0n) is 22.9. The Labute approximate surface area is 233 Å². The van der Waals surface area contributed by atoms with Crippen LogP contribution in [0.3, 0.4) is 0 Å². The average Bonchev–Trinajstić information content (AvgIpc) is 2.91. The molecule has 0 aliphatic carbocycles. The van der Waals surface area contributed by atoms with Crippen molar-refractivity contribution in [2.24, 2.45) is 0 Å². The highest BCUT2D eigenvalue weighted by Gasteiger charge is 2.34. The molecule has 40 heavy (non-hydrogen) atoms. The average molecular weight is 547 g/mol. The molecule has 4 rings (SSSR count). The molecule has 1 atom stereocenters. The van der Waals surface area contributed by atoms with Crippen LogP contribution in [0.25, 0.3) is 0 Å². The number of aromatic carboxylic acids is 1. The number of para-hydroxylation sites is 2. The molecule has 1 aliphatic heterocycles. The van der Waals surface area contributed by atoms with Crippen molar-refractivity contribution in [2.45, 2.75) is 51.9 Å². The maximum Gasteiger partial charge on any atom is 0.407 e. The Kier molecular flexibility index (Phi) is 8.93. The lowest BCUT2D eigenvalue weighted by molar-refractivity contribution is -0.127. The summed E-state index contributed by atoms with van der Waals surface area (Å²) in [6.07, 6.45) is -0.202. The molecule has 0 fully saturated rings. The molecule has 1 heterocycles. The first-order valence-electron chi connectivity index (χ1n) is 13.2. The fourth-order valence-electron chi connectivity index (χ4n) is 4.27. The summed E-state index contributed by atoms with van der Waals surface area (Å²) in [6.45, 7) is 6.40. The molecule has 0 spiro atoms. The van der Waals surface area contributed by atoms with Crippen molar-refractivity contribution >= 4 is 23.7 Å². The third-order valence-electron chi connectivity index (χ3n) is 6.14. The molecule has 1 unspecified atom stereocenters. The van der Waals surface area contributed by atoms with Gasteiger partial charge in [0.15, 0.2) is 6.10 Å². The van der Waals surface area contributed by atoms with Gasteiger partial charge in [0, 0.05) is 13.0 Å². The number of nitrogens with one attached hydrogen (secondary N) is 1. The number of carboxylic acid groups (broad SMARTS) is 1. The molecule has 0 saturated carbocycles. The molecule has 9 nitrogen and oxygen atoms in total. The molecule has 0 aromatic heterocycles. The van der Waals surface area contributed by atoms with Crippen molar-refractivity contribution in [2.75, 3.05) is 18.1 Å². The smallest absolute Gasteiger partial charge is 0.407 e. The van der Waals surface area contributed by atoms with Gasteiger partial charge in [-0.15, -0.1) is 0 Å². The van der Waals surface area contributed by atoms with Gasteiger partial charge in [-0.05, 0) is 74.7 Å². The van der Waals surface area contributed by atoms with Crippen LogP contribution in [0.5, 0.6) is 11.5 Å². The van der Waals surface area contributed by atoms with E-state index in [0.717, 1.165) is 5.56 Å². The number of ether oxygens (including phenoxy) is 3. The van der Waals surface area contributed by atoms with E-state index in [1.54, 1.807) is 23.1 Å². The largest absolute Gasteiger partial charge is 0.493 e. The fraction of sp³-hybridized carbons (Fsp3) is 0.323. The predicted octanol–water partition coefficient (Wildman–Crippen LogP) is 5.22. The molecule has 3 aromatic carbocycles. The van der Waals surface area contributed by atoms with Gasteiger partial charge >= 0.3 is 12.1 Å². The van der Waals surface area contributed by atoms with Gasteiger partial charge in [0.1, 0.15) is 17.1 Å². The van der Waals surface area contributed by atoms with Gasteiger partial charge in [-0.3, -0.25) is 4.79 Å². The number of nitrogens with zero attached hydrogens (tertiary/aromatic N) is 1. The lowest BCUT2D eigenvalue weighted by Crippen LogP contribution is -2.46. The second-order valence-corrected chi connectivity index (χ2v) is 10.5. The number of anilines is 1. The lowest BCUT2D eigenvalue weighted by atomic mass is 10.1. The molecule has 2 N–H and O–H groups in total. The van der Waals surface area contributed by atoms with Crippen LogP contribution in [0.15, 0.2) is 72.8 Å². The summed E-state index contributed by atoms with van der Waals surface area (Å²) in [4.78, 5) is 38.2. The van der Waals surface area contributed by atoms with Gasteiger partial charge in [0.25, 0.3) is 5.91 Å². The van der Waals surface area contributed by atoms with Gasteiger partial charge in [0.05, 0.1) is 24.4 Å². The highest BCUT2D eigenvalue weighted by atomic mass is 16.6. The number of amides is 2. The SMILES string of the molecule is CC(C)(C)OC(=O)NCCc1ccc(OCCC2Oc3ccccc3N(Cc3cccc(C(=O)O)c3)C2=O)cc1. The molecule has 0 saturated heterocycles. The van der Waals surface area contributed by atoms with E-state index in [9.17, 15) is 19.5 Å². The van der Waals surface area contributed by atoms with Gasteiger partial charge < -0.3 is 29.5 Å². The second kappa shape index (κ2) is 12.5. The van der Waals surface area contributed by atoms with Gasteiger partial charge in [-0.25, -0.2) is 9.59 Å². The molecule has 1 aliphatic rings. The highest BCUT2D eigenvalue weighted by molar-refractivity contribution is 6.00. The summed E-state index contributed by atoms with van der Waals surface area (Å²) < 4.78 is 17.1. The van der Waals surface area contributed by atoms with Crippen LogP contribution in [-0.2, 0) is 22.5 Å². The standard InChI is InChI=1S/C31H34N2O7/c1-31(2,3)40-30(37)32-17-15-21-11-13-24(14-12-21)38-18-16-27-28(34)33(25-9-4-5-10-26(25)39-27)20-22-7-6-8-23(19-22)29(35)36/h4-14,19,27H,15-18,20H2,1-3H3,(H,32,37)(H,35,36). The predicted molar refractivity (Wildman–Crippen MR) is 150 cm³/mol. The van der Waals surface area contributed by atoms with E-state index < -0.39 is 23.8 Å². The van der Waals surface area contributed by atoms with Crippen molar-refractivity contribution in [1.82, 2.24) is 5.32 Å². The zero-order valence-corrected chi connectivity index (χ0v) is 22.9. The van der Waals surface area contributed by atoms with Crippen molar-refractivity contribution < 1.29 is 33.7 Å². The lowest BCUT2D eigenvalue weighted by Gasteiger charge is -2.34. The highest BCUT2D eigenvalue weighted by Crippen LogP contribution is 2.35. The zero-order chi connectivity index (χ0) is 28.7. The Hall–Kier alpha value is -4.53. The summed E-state index contributed by atoms with van der Waals surface area (Å²) in [6, 6.07) is 21.4. The van der Waals surface area contributed by atoms with Gasteiger partial charge in [-0.2, -0.15) is 0 Å². The summed E-state index contributed by atoms with van der Waals surface area (Å²) in [5, 5.41) is 12.1. The summed E-state index contributed by atoms with van der Waals surface area (Å²) >= 11 is 0. The summed E-state index contributed by atoms with van der Waals surface area (Å²) in [5.41, 5.74) is 2.02. The first-order valence-corrected chi connectivity index (χ1v) is 13.2. The maximum atomic E-state index is 13.4. The molecule has 0 bridgehead atoms. The maximum absolute atomic E-state index is 13.4. The number of rotatable bonds is 10. The quantitative estimate of drug-likeness (QED) is 0.359. The number of carbonyl (C=O) groups is 3. The van der Waals surface area contributed by atoms with Crippen LogP contribution < -0.4 is 19.7 Å². The van der Waals surface area contributed by atoms with Gasteiger partial charge in [0.2, 0.25) is 0 Å². The van der Waals surface area contributed by atoms with Crippen LogP contribution in [0.4, 0.5) is 10.5 Å². The number of hydrogen-bond acceptors (Lipinski definition) is 6.